The molecule has 1 heterocycles. The maximum Gasteiger partial charge on any atom is 0.268 e. The summed E-state index contributed by atoms with van der Waals surface area (Å²) in [4.78, 5) is 14.4. The molecule has 2 aromatic rings. The quantitative estimate of drug-likeness (QED) is 0.880. The van der Waals surface area contributed by atoms with E-state index >= 15 is 0 Å². The van der Waals surface area contributed by atoms with Crippen molar-refractivity contribution in [1.82, 2.24) is 0 Å². The minimum Gasteiger partial charge on any atom is -0.478 e. The van der Waals surface area contributed by atoms with Crippen LogP contribution in [0.4, 0.5) is 11.4 Å². The zero-order valence-corrected chi connectivity index (χ0v) is 13.0. The first-order valence-electron chi connectivity index (χ1n) is 7.20. The summed E-state index contributed by atoms with van der Waals surface area (Å²) < 4.78 is 5.77. The van der Waals surface area contributed by atoms with E-state index in [-0.39, 0.29) is 5.91 Å². The molecule has 0 spiro atoms. The van der Waals surface area contributed by atoms with Crippen molar-refractivity contribution in [3.63, 3.8) is 0 Å². The zero-order valence-electron chi connectivity index (χ0n) is 12.3. The van der Waals surface area contributed by atoms with Gasteiger partial charge in [-0.2, -0.15) is 0 Å². The molecule has 114 valence electrons. The van der Waals surface area contributed by atoms with Crippen LogP contribution in [0.25, 0.3) is 0 Å². The second kappa shape index (κ2) is 5.89. The Kier molecular flexibility index (Phi) is 3.94. The summed E-state index contributed by atoms with van der Waals surface area (Å²) >= 11 is 5.91. The average Bonchev–Trinajstić information content (AvgIpc) is 2.52. The van der Waals surface area contributed by atoms with E-state index in [1.165, 1.54) is 0 Å². The van der Waals surface area contributed by atoms with E-state index in [0.29, 0.717) is 35.1 Å². The molecule has 0 aliphatic carbocycles. The number of hydrogen-bond acceptors (Lipinski definition) is 3. The molecule has 0 saturated carbocycles. The molecule has 2 N–H and O–H groups in total. The Morgan fingerprint density at radius 3 is 2.64 bits per heavy atom. The lowest BCUT2D eigenvalue weighted by Crippen LogP contribution is -2.45. The lowest BCUT2D eigenvalue weighted by molar-refractivity contribution is -0.126. The number of nitrogens with zero attached hydrogens (tertiary/aromatic N) is 1. The first-order chi connectivity index (χ1) is 10.6. The molecule has 1 amide bonds. The number of carbonyl (C=O) groups excluding carboxylic acids is 1. The van der Waals surface area contributed by atoms with Crippen LogP contribution in [0.2, 0.25) is 5.02 Å². The maximum absolute atomic E-state index is 12.6. The van der Waals surface area contributed by atoms with Crippen LogP contribution < -0.4 is 15.4 Å². The van der Waals surface area contributed by atoms with Gasteiger partial charge in [0.15, 0.2) is 6.10 Å². The van der Waals surface area contributed by atoms with E-state index in [4.69, 9.17) is 22.1 Å². The molecule has 2 aromatic carbocycles. The fourth-order valence-electron chi connectivity index (χ4n) is 2.53. The summed E-state index contributed by atoms with van der Waals surface area (Å²) in [6, 6.07) is 12.8. The highest BCUT2D eigenvalue weighted by Gasteiger charge is 2.33. The molecule has 1 unspecified atom stereocenters. The highest BCUT2D eigenvalue weighted by atomic mass is 35.5. The molecular formula is C17H17ClN2O2. The van der Waals surface area contributed by atoms with Crippen molar-refractivity contribution in [2.24, 2.45) is 0 Å². The Morgan fingerprint density at radius 1 is 1.23 bits per heavy atom. The number of halogens is 1. The Labute approximate surface area is 134 Å². The minimum atomic E-state index is -0.455. The summed E-state index contributed by atoms with van der Waals surface area (Å²) in [5.41, 5.74) is 8.18. The summed E-state index contributed by atoms with van der Waals surface area (Å²) in [5, 5.41) is 0.674. The fraction of sp³-hybridized carbons (Fsp3) is 0.235. The van der Waals surface area contributed by atoms with Gasteiger partial charge in [0.25, 0.3) is 5.91 Å². The van der Waals surface area contributed by atoms with Gasteiger partial charge in [-0.1, -0.05) is 30.7 Å². The molecule has 0 aromatic heterocycles. The van der Waals surface area contributed by atoms with E-state index in [9.17, 15) is 4.79 Å². The number of fused-ring (bicyclic) bond motifs is 1. The summed E-state index contributed by atoms with van der Waals surface area (Å²) in [7, 11) is 0. The first kappa shape index (κ1) is 14.7. The number of carbonyl (C=O) groups is 1. The lowest BCUT2D eigenvalue weighted by atomic mass is 10.1. The fourth-order valence-corrected chi connectivity index (χ4v) is 2.66. The van der Waals surface area contributed by atoms with Crippen LogP contribution in [-0.4, -0.2) is 12.0 Å². The van der Waals surface area contributed by atoms with Gasteiger partial charge < -0.3 is 15.4 Å². The van der Waals surface area contributed by atoms with Crippen LogP contribution >= 0.6 is 11.6 Å². The normalized spacial score (nSPS) is 17.1. The predicted octanol–water partition coefficient (Wildman–Crippen LogP) is 3.63. The van der Waals surface area contributed by atoms with Crippen molar-refractivity contribution in [2.45, 2.75) is 26.0 Å². The Morgan fingerprint density at radius 2 is 1.95 bits per heavy atom. The number of nitrogens with two attached hydrogens (primary N) is 1. The van der Waals surface area contributed by atoms with Crippen LogP contribution in [0.5, 0.6) is 5.75 Å². The zero-order chi connectivity index (χ0) is 15.7. The number of benzene rings is 2. The molecule has 3 rings (SSSR count). The second-order valence-electron chi connectivity index (χ2n) is 5.29. The van der Waals surface area contributed by atoms with Gasteiger partial charge in [-0.25, -0.2) is 0 Å². The molecule has 0 radical (unpaired) electrons. The molecule has 22 heavy (non-hydrogen) atoms. The standard InChI is InChI=1S/C17H17ClN2O2/c1-2-15-17(21)20(10-11-3-5-12(18)6-4-11)14-9-13(19)7-8-16(14)22-15/h3-9,15H,2,10,19H2,1H3. The molecule has 1 aliphatic heterocycles. The Bertz CT molecular complexity index is 700. The lowest BCUT2D eigenvalue weighted by Gasteiger charge is -2.34. The van der Waals surface area contributed by atoms with Crippen molar-refractivity contribution in [3.8, 4) is 5.75 Å². The highest BCUT2D eigenvalue weighted by Crippen LogP contribution is 2.37. The van der Waals surface area contributed by atoms with E-state index in [1.54, 1.807) is 17.0 Å². The monoisotopic (exact) mass is 316 g/mol. The van der Waals surface area contributed by atoms with Crippen molar-refractivity contribution in [1.29, 1.82) is 0 Å². The molecule has 4 nitrogen and oxygen atoms in total. The molecule has 1 aliphatic rings. The number of anilines is 2. The smallest absolute Gasteiger partial charge is 0.268 e. The Hall–Kier alpha value is -2.20. The predicted molar refractivity (Wildman–Crippen MR) is 88.2 cm³/mol. The van der Waals surface area contributed by atoms with Crippen LogP contribution in [0, 0.1) is 0 Å². The topological polar surface area (TPSA) is 55.6 Å². The average molecular weight is 317 g/mol. The van der Waals surface area contributed by atoms with Crippen molar-refractivity contribution in [2.75, 3.05) is 10.6 Å². The molecule has 5 heteroatoms. The van der Waals surface area contributed by atoms with Gasteiger partial charge in [-0.15, -0.1) is 0 Å². The van der Waals surface area contributed by atoms with Gasteiger partial charge in [0.05, 0.1) is 12.2 Å². The highest BCUT2D eigenvalue weighted by molar-refractivity contribution is 6.30. The van der Waals surface area contributed by atoms with Crippen molar-refractivity contribution in [3.05, 3.63) is 53.1 Å². The molecule has 0 fully saturated rings. The van der Waals surface area contributed by atoms with Crippen LogP contribution in [0.3, 0.4) is 0 Å². The SMILES string of the molecule is CCC1Oc2ccc(N)cc2N(Cc2ccc(Cl)cc2)C1=O. The van der Waals surface area contributed by atoms with E-state index < -0.39 is 6.10 Å². The number of rotatable bonds is 3. The van der Waals surface area contributed by atoms with Crippen LogP contribution in [-0.2, 0) is 11.3 Å². The largest absolute Gasteiger partial charge is 0.478 e. The van der Waals surface area contributed by atoms with Crippen molar-refractivity contribution >= 4 is 28.9 Å². The van der Waals surface area contributed by atoms with Gasteiger partial charge in [0, 0.05) is 10.7 Å². The van der Waals surface area contributed by atoms with E-state index in [0.717, 1.165) is 5.56 Å². The van der Waals surface area contributed by atoms with Crippen LogP contribution in [0.15, 0.2) is 42.5 Å². The van der Waals surface area contributed by atoms with E-state index in [2.05, 4.69) is 0 Å². The van der Waals surface area contributed by atoms with Crippen LogP contribution in [0.1, 0.15) is 18.9 Å². The molecular weight excluding hydrogens is 300 g/mol. The third-order valence-corrected chi connectivity index (χ3v) is 3.96. The summed E-state index contributed by atoms with van der Waals surface area (Å²) in [6.45, 7) is 2.40. The van der Waals surface area contributed by atoms with Crippen molar-refractivity contribution < 1.29 is 9.53 Å². The summed E-state index contributed by atoms with van der Waals surface area (Å²) in [6.07, 6.45) is 0.170. The first-order valence-corrected chi connectivity index (χ1v) is 7.58. The number of nitrogen functional groups attached to an aromatic ring is 1. The molecule has 1 atom stereocenters. The van der Waals surface area contributed by atoms with Gasteiger partial charge in [-0.3, -0.25) is 4.79 Å². The van der Waals surface area contributed by atoms with Gasteiger partial charge in [0.2, 0.25) is 0 Å². The summed E-state index contributed by atoms with van der Waals surface area (Å²) in [5.74, 6) is 0.644. The maximum atomic E-state index is 12.6. The third-order valence-electron chi connectivity index (χ3n) is 3.71. The minimum absolute atomic E-state index is 0.0458. The Balaban J connectivity index is 1.98. The van der Waals surface area contributed by atoms with Gasteiger partial charge >= 0.3 is 0 Å². The molecule has 0 saturated heterocycles. The number of amides is 1. The number of hydrogen-bond donors (Lipinski definition) is 1. The third kappa shape index (κ3) is 2.74. The second-order valence-corrected chi connectivity index (χ2v) is 5.73. The van der Waals surface area contributed by atoms with Gasteiger partial charge in [-0.05, 0) is 42.3 Å². The van der Waals surface area contributed by atoms with Gasteiger partial charge in [0.1, 0.15) is 5.75 Å². The number of ether oxygens (including phenoxy) is 1. The van der Waals surface area contributed by atoms with E-state index in [1.807, 2.05) is 37.3 Å². The molecule has 0 bridgehead atoms.